The van der Waals surface area contributed by atoms with E-state index in [-0.39, 0.29) is 0 Å². The average Bonchev–Trinajstić information content (AvgIpc) is 3.27. The summed E-state index contributed by atoms with van der Waals surface area (Å²) in [6.07, 6.45) is 0. The largest absolute Gasteiger partial charge is 0.347 e. The van der Waals surface area contributed by atoms with Crippen molar-refractivity contribution < 1.29 is 0 Å². The highest BCUT2D eigenvalue weighted by Gasteiger charge is 2.31. The number of rotatable bonds is 6. The molecule has 4 aromatic rings. The molecule has 37 heavy (non-hydrogen) atoms. The third-order valence-electron chi connectivity index (χ3n) is 6.76. The van der Waals surface area contributed by atoms with Crippen molar-refractivity contribution in [2.45, 2.75) is 26.9 Å². The van der Waals surface area contributed by atoms with E-state index in [1.807, 2.05) is 48.5 Å². The van der Waals surface area contributed by atoms with Gasteiger partial charge in [-0.2, -0.15) is 10.5 Å². The Bertz CT molecular complexity index is 1380. The fourth-order valence-corrected chi connectivity index (χ4v) is 4.78. The van der Waals surface area contributed by atoms with E-state index in [4.69, 9.17) is 0 Å². The molecule has 0 bridgehead atoms. The van der Waals surface area contributed by atoms with Gasteiger partial charge in [0.25, 0.3) is 0 Å². The molecular formula is C33H28N4. The third kappa shape index (κ3) is 5.25. The van der Waals surface area contributed by atoms with Crippen molar-refractivity contribution in [3.8, 4) is 12.1 Å². The Labute approximate surface area is 218 Å². The van der Waals surface area contributed by atoms with E-state index in [2.05, 4.69) is 84.3 Å². The zero-order valence-corrected chi connectivity index (χ0v) is 21.1. The molecule has 0 fully saturated rings. The molecule has 0 spiro atoms. The highest BCUT2D eigenvalue weighted by Crippen LogP contribution is 2.40. The Morgan fingerprint density at radius 3 is 1.22 bits per heavy atom. The predicted molar refractivity (Wildman–Crippen MR) is 147 cm³/mol. The summed E-state index contributed by atoms with van der Waals surface area (Å²) in [6, 6.07) is 37.6. The van der Waals surface area contributed by atoms with E-state index in [9.17, 15) is 10.5 Å². The van der Waals surface area contributed by atoms with Crippen LogP contribution in [0, 0.1) is 36.5 Å². The summed E-state index contributed by atoms with van der Waals surface area (Å²) in [5.74, 6) is 0. The summed E-state index contributed by atoms with van der Waals surface area (Å²) in [5, 5.41) is 18.4. The SMILES string of the molecule is Cc1ccc(C2=C(c3ccc(C)cc3)N(Cc3ccc(C#N)cc3)CN2Cc2ccc(C#N)cc2)cc1. The molecule has 0 saturated heterocycles. The fourth-order valence-electron chi connectivity index (χ4n) is 4.78. The molecule has 0 atom stereocenters. The van der Waals surface area contributed by atoms with Crippen LogP contribution in [0.2, 0.25) is 0 Å². The van der Waals surface area contributed by atoms with Crippen molar-refractivity contribution in [2.24, 2.45) is 0 Å². The van der Waals surface area contributed by atoms with Crippen molar-refractivity contribution in [2.75, 3.05) is 6.67 Å². The Hall–Kier alpha value is -4.80. The van der Waals surface area contributed by atoms with E-state index in [0.29, 0.717) is 11.1 Å². The van der Waals surface area contributed by atoms with Gasteiger partial charge in [0.1, 0.15) is 0 Å². The fraction of sp³-hybridized carbons (Fsp3) is 0.152. The highest BCUT2D eigenvalue weighted by atomic mass is 15.4. The lowest BCUT2D eigenvalue weighted by molar-refractivity contribution is 0.269. The first kappa shape index (κ1) is 23.9. The summed E-state index contributed by atoms with van der Waals surface area (Å²) >= 11 is 0. The number of benzene rings is 4. The predicted octanol–water partition coefficient (Wildman–Crippen LogP) is 6.85. The van der Waals surface area contributed by atoms with Gasteiger partial charge in [-0.15, -0.1) is 0 Å². The Kier molecular flexibility index (Phi) is 6.75. The van der Waals surface area contributed by atoms with Crippen LogP contribution in [0.5, 0.6) is 0 Å². The van der Waals surface area contributed by atoms with Crippen LogP contribution in [0.3, 0.4) is 0 Å². The van der Waals surface area contributed by atoms with Crippen LogP contribution in [0.1, 0.15) is 44.5 Å². The molecule has 0 amide bonds. The van der Waals surface area contributed by atoms with Crippen LogP contribution in [-0.2, 0) is 13.1 Å². The molecule has 180 valence electrons. The summed E-state index contributed by atoms with van der Waals surface area (Å²) in [5.41, 5.74) is 10.9. The maximum atomic E-state index is 9.22. The molecule has 0 saturated carbocycles. The Morgan fingerprint density at radius 2 is 0.892 bits per heavy atom. The van der Waals surface area contributed by atoms with Crippen LogP contribution in [0.15, 0.2) is 97.1 Å². The molecule has 1 aliphatic rings. The molecule has 0 aliphatic carbocycles. The first-order valence-electron chi connectivity index (χ1n) is 12.4. The van der Waals surface area contributed by atoms with Crippen LogP contribution in [0.4, 0.5) is 0 Å². The van der Waals surface area contributed by atoms with Gasteiger partial charge in [0, 0.05) is 24.2 Å². The number of hydrogen-bond donors (Lipinski definition) is 0. The van der Waals surface area contributed by atoms with Crippen molar-refractivity contribution in [3.63, 3.8) is 0 Å². The lowest BCUT2D eigenvalue weighted by Crippen LogP contribution is -2.27. The van der Waals surface area contributed by atoms with Crippen LogP contribution in [0.25, 0.3) is 11.4 Å². The summed E-state index contributed by atoms with van der Waals surface area (Å²) < 4.78 is 0. The number of nitrogens with zero attached hydrogens (tertiary/aromatic N) is 4. The van der Waals surface area contributed by atoms with E-state index in [1.54, 1.807) is 0 Å². The lowest BCUT2D eigenvalue weighted by Gasteiger charge is -2.25. The molecule has 0 unspecified atom stereocenters. The second-order valence-electron chi connectivity index (χ2n) is 9.58. The van der Waals surface area contributed by atoms with Gasteiger partial charge in [-0.05, 0) is 49.2 Å². The van der Waals surface area contributed by atoms with Crippen molar-refractivity contribution in [3.05, 3.63) is 142 Å². The summed E-state index contributed by atoms with van der Waals surface area (Å²) in [6.45, 7) is 6.41. The topological polar surface area (TPSA) is 54.1 Å². The zero-order valence-electron chi connectivity index (χ0n) is 21.1. The van der Waals surface area contributed by atoms with Crippen LogP contribution in [-0.4, -0.2) is 16.5 Å². The minimum absolute atomic E-state index is 0.669. The maximum Gasteiger partial charge on any atom is 0.0991 e. The van der Waals surface area contributed by atoms with Gasteiger partial charge in [0.05, 0.1) is 41.3 Å². The van der Waals surface area contributed by atoms with E-state index < -0.39 is 0 Å². The molecule has 1 heterocycles. The monoisotopic (exact) mass is 480 g/mol. The van der Waals surface area contributed by atoms with Crippen LogP contribution >= 0.6 is 0 Å². The summed E-state index contributed by atoms with van der Waals surface area (Å²) in [7, 11) is 0. The lowest BCUT2D eigenvalue weighted by atomic mass is 10.0. The second-order valence-corrected chi connectivity index (χ2v) is 9.58. The standard InChI is InChI=1S/C33H28N4/c1-24-3-15-30(16-4-24)32-33(31-17-5-25(2)6-18-31)37(22-29-13-9-27(20-35)10-14-29)23-36(32)21-28-11-7-26(19-34)8-12-28/h3-18H,21-23H2,1-2H3. The van der Waals surface area contributed by atoms with E-state index in [1.165, 1.54) is 33.6 Å². The molecular weight excluding hydrogens is 452 g/mol. The Balaban J connectivity index is 1.61. The first-order chi connectivity index (χ1) is 18.0. The average molecular weight is 481 g/mol. The molecule has 0 radical (unpaired) electrons. The summed E-state index contributed by atoms with van der Waals surface area (Å²) in [4.78, 5) is 4.84. The first-order valence-corrected chi connectivity index (χ1v) is 12.4. The minimum atomic E-state index is 0.669. The smallest absolute Gasteiger partial charge is 0.0991 e. The van der Waals surface area contributed by atoms with E-state index >= 15 is 0 Å². The molecule has 4 aromatic carbocycles. The molecule has 5 rings (SSSR count). The van der Waals surface area contributed by atoms with Gasteiger partial charge in [-0.25, -0.2) is 0 Å². The van der Waals surface area contributed by atoms with Crippen LogP contribution < -0.4 is 0 Å². The highest BCUT2D eigenvalue weighted by molar-refractivity contribution is 5.91. The molecule has 4 heteroatoms. The van der Waals surface area contributed by atoms with Crippen molar-refractivity contribution >= 4 is 11.4 Å². The molecule has 0 aromatic heterocycles. The second kappa shape index (κ2) is 10.4. The Morgan fingerprint density at radius 1 is 0.541 bits per heavy atom. The molecule has 1 aliphatic heterocycles. The maximum absolute atomic E-state index is 9.22. The minimum Gasteiger partial charge on any atom is -0.347 e. The van der Waals surface area contributed by atoms with Gasteiger partial charge in [-0.1, -0.05) is 83.9 Å². The number of hydrogen-bond acceptors (Lipinski definition) is 4. The third-order valence-corrected chi connectivity index (χ3v) is 6.76. The van der Waals surface area contributed by atoms with Gasteiger partial charge >= 0.3 is 0 Å². The number of aryl methyl sites for hydroxylation is 2. The normalized spacial score (nSPS) is 13.0. The van der Waals surface area contributed by atoms with Crippen molar-refractivity contribution in [1.29, 1.82) is 10.5 Å². The van der Waals surface area contributed by atoms with E-state index in [0.717, 1.165) is 30.9 Å². The van der Waals surface area contributed by atoms with Gasteiger partial charge in [0.15, 0.2) is 0 Å². The quantitative estimate of drug-likeness (QED) is 0.303. The van der Waals surface area contributed by atoms with Gasteiger partial charge in [0.2, 0.25) is 0 Å². The van der Waals surface area contributed by atoms with Gasteiger partial charge in [-0.3, -0.25) is 0 Å². The molecule has 4 nitrogen and oxygen atoms in total. The number of nitriles is 2. The van der Waals surface area contributed by atoms with Gasteiger partial charge < -0.3 is 9.80 Å². The zero-order chi connectivity index (χ0) is 25.8. The molecule has 0 N–H and O–H groups in total. The van der Waals surface area contributed by atoms with Crippen molar-refractivity contribution in [1.82, 2.24) is 9.80 Å².